The lowest BCUT2D eigenvalue weighted by Crippen LogP contribution is -2.39. The maximum atomic E-state index is 13.5. The van der Waals surface area contributed by atoms with Crippen molar-refractivity contribution in [3.63, 3.8) is 0 Å². The monoisotopic (exact) mass is 492 g/mol. The van der Waals surface area contributed by atoms with Crippen molar-refractivity contribution in [3.8, 4) is 0 Å². The summed E-state index contributed by atoms with van der Waals surface area (Å²) in [7, 11) is 1.89. The highest BCUT2D eigenvalue weighted by Gasteiger charge is 2.12. The molecular formula is C18H27F2IN6. The van der Waals surface area contributed by atoms with Gasteiger partial charge in [0.15, 0.2) is 23.4 Å². The summed E-state index contributed by atoms with van der Waals surface area (Å²) in [6.45, 7) is 6.99. The number of unbranched alkanes of at least 4 members (excludes halogenated alkanes) is 1. The summed E-state index contributed by atoms with van der Waals surface area (Å²) in [5, 5.41) is 14.6. The molecule has 0 amide bonds. The van der Waals surface area contributed by atoms with Crippen LogP contribution in [0.2, 0.25) is 0 Å². The molecule has 2 N–H and O–H groups in total. The summed E-state index contributed by atoms with van der Waals surface area (Å²) in [6, 6.07) is 3.65. The number of aryl methyl sites for hydroxylation is 1. The van der Waals surface area contributed by atoms with Crippen LogP contribution in [0, 0.1) is 18.6 Å². The molecule has 27 heavy (non-hydrogen) atoms. The lowest BCUT2D eigenvalue weighted by Gasteiger charge is -2.19. The molecule has 1 heterocycles. The van der Waals surface area contributed by atoms with Gasteiger partial charge in [0.2, 0.25) is 0 Å². The van der Waals surface area contributed by atoms with Crippen LogP contribution < -0.4 is 10.6 Å². The molecule has 1 aromatic heterocycles. The first-order valence-corrected chi connectivity index (χ1v) is 8.77. The van der Waals surface area contributed by atoms with Gasteiger partial charge in [0, 0.05) is 13.6 Å². The van der Waals surface area contributed by atoms with E-state index in [-0.39, 0.29) is 30.0 Å². The van der Waals surface area contributed by atoms with Crippen LogP contribution in [-0.2, 0) is 13.6 Å². The predicted octanol–water partition coefficient (Wildman–Crippen LogP) is 3.62. The van der Waals surface area contributed by atoms with Gasteiger partial charge in [0.05, 0.1) is 6.04 Å². The molecule has 1 aromatic carbocycles. The van der Waals surface area contributed by atoms with Crippen molar-refractivity contribution in [2.45, 2.75) is 46.2 Å². The number of hydrogen-bond acceptors (Lipinski definition) is 3. The van der Waals surface area contributed by atoms with Crippen LogP contribution in [0.5, 0.6) is 0 Å². The van der Waals surface area contributed by atoms with E-state index in [4.69, 9.17) is 0 Å². The van der Waals surface area contributed by atoms with Crippen LogP contribution >= 0.6 is 24.0 Å². The van der Waals surface area contributed by atoms with Crippen molar-refractivity contribution < 1.29 is 8.78 Å². The zero-order valence-corrected chi connectivity index (χ0v) is 18.4. The third-order valence-electron chi connectivity index (χ3n) is 4.18. The second-order valence-corrected chi connectivity index (χ2v) is 6.21. The molecule has 0 aliphatic rings. The summed E-state index contributed by atoms with van der Waals surface area (Å²) in [5.41, 5.74) is 0.642. The molecule has 1 unspecified atom stereocenters. The van der Waals surface area contributed by atoms with E-state index < -0.39 is 11.6 Å². The number of halogens is 3. The number of nitrogens with one attached hydrogen (secondary N) is 2. The highest BCUT2D eigenvalue weighted by molar-refractivity contribution is 14.0. The molecule has 1 atom stereocenters. The Hall–Kier alpha value is -1.78. The maximum absolute atomic E-state index is 13.5. The van der Waals surface area contributed by atoms with Gasteiger partial charge in [-0.2, -0.15) is 0 Å². The summed E-state index contributed by atoms with van der Waals surface area (Å²) in [4.78, 5) is 4.55. The Morgan fingerprint density at radius 3 is 2.59 bits per heavy atom. The molecule has 2 rings (SSSR count). The summed E-state index contributed by atoms with van der Waals surface area (Å²) >= 11 is 0. The fraction of sp³-hybridized carbons (Fsp3) is 0.500. The molecular weight excluding hydrogens is 465 g/mol. The molecule has 150 valence electrons. The number of aliphatic imine (C=N–C) groups is 1. The third kappa shape index (κ3) is 6.71. The second-order valence-electron chi connectivity index (χ2n) is 6.21. The minimum atomic E-state index is -0.858. The smallest absolute Gasteiger partial charge is 0.192 e. The van der Waals surface area contributed by atoms with Gasteiger partial charge in [-0.1, -0.05) is 19.4 Å². The molecule has 0 aliphatic carbocycles. The normalized spacial score (nSPS) is 12.4. The van der Waals surface area contributed by atoms with Gasteiger partial charge in [-0.15, -0.1) is 34.2 Å². The van der Waals surface area contributed by atoms with Crippen LogP contribution in [0.25, 0.3) is 0 Å². The van der Waals surface area contributed by atoms with Gasteiger partial charge >= 0.3 is 0 Å². The van der Waals surface area contributed by atoms with E-state index in [2.05, 4.69) is 32.7 Å². The number of rotatable bonds is 7. The first-order valence-electron chi connectivity index (χ1n) is 8.77. The number of nitrogens with zero attached hydrogens (tertiary/aromatic N) is 4. The van der Waals surface area contributed by atoms with E-state index >= 15 is 0 Å². The van der Waals surface area contributed by atoms with Gasteiger partial charge in [0.25, 0.3) is 0 Å². The topological polar surface area (TPSA) is 67.1 Å². The van der Waals surface area contributed by atoms with E-state index in [0.717, 1.165) is 37.1 Å². The zero-order valence-electron chi connectivity index (χ0n) is 16.1. The van der Waals surface area contributed by atoms with Crippen molar-refractivity contribution >= 4 is 29.9 Å². The average molecular weight is 492 g/mol. The summed E-state index contributed by atoms with van der Waals surface area (Å²) in [5.74, 6) is 0.450. The van der Waals surface area contributed by atoms with Gasteiger partial charge in [-0.25, -0.2) is 13.8 Å². The fourth-order valence-electron chi connectivity index (χ4n) is 2.34. The van der Waals surface area contributed by atoms with E-state index in [9.17, 15) is 8.78 Å². The Morgan fingerprint density at radius 2 is 2.00 bits per heavy atom. The number of benzene rings is 1. The lowest BCUT2D eigenvalue weighted by atomic mass is 10.1. The van der Waals surface area contributed by atoms with Crippen molar-refractivity contribution in [3.05, 3.63) is 47.0 Å². The lowest BCUT2D eigenvalue weighted by molar-refractivity contribution is 0.504. The Morgan fingerprint density at radius 1 is 1.26 bits per heavy atom. The van der Waals surface area contributed by atoms with E-state index in [1.807, 2.05) is 25.5 Å². The zero-order chi connectivity index (χ0) is 19.1. The molecule has 0 saturated carbocycles. The number of guanidine groups is 1. The molecule has 0 bridgehead atoms. The van der Waals surface area contributed by atoms with E-state index in [0.29, 0.717) is 18.1 Å². The first kappa shape index (κ1) is 23.3. The highest BCUT2D eigenvalue weighted by Crippen LogP contribution is 2.15. The first-order chi connectivity index (χ1) is 12.4. The van der Waals surface area contributed by atoms with Crippen molar-refractivity contribution in [2.24, 2.45) is 12.0 Å². The molecule has 2 aromatic rings. The van der Waals surface area contributed by atoms with Gasteiger partial charge in [0.1, 0.15) is 12.4 Å². The standard InChI is InChI=1S/C18H26F2N6.HI/c1-5-6-9-21-18(22-11-17-25-24-13(3)26(17)4)23-12(2)14-7-8-15(19)16(20)10-14;/h7-8,10,12H,5-6,9,11H2,1-4H3,(H2,21,22,23);1H. The van der Waals surface area contributed by atoms with Gasteiger partial charge < -0.3 is 15.2 Å². The molecule has 6 nitrogen and oxygen atoms in total. The Bertz CT molecular complexity index is 762. The SMILES string of the molecule is CCCCNC(=NCc1nnc(C)n1C)NC(C)c1ccc(F)c(F)c1.I. The quantitative estimate of drug-likeness (QED) is 0.268. The van der Waals surface area contributed by atoms with Crippen LogP contribution in [0.1, 0.15) is 49.9 Å². The Balaban J connectivity index is 0.00000364. The highest BCUT2D eigenvalue weighted by atomic mass is 127. The average Bonchev–Trinajstić information content (AvgIpc) is 2.93. The Kier molecular flexibility index (Phi) is 9.61. The van der Waals surface area contributed by atoms with Crippen molar-refractivity contribution in [1.29, 1.82) is 0 Å². The maximum Gasteiger partial charge on any atom is 0.192 e. The van der Waals surface area contributed by atoms with E-state index in [1.165, 1.54) is 6.07 Å². The van der Waals surface area contributed by atoms with Gasteiger partial charge in [-0.05, 0) is 38.0 Å². The van der Waals surface area contributed by atoms with Crippen LogP contribution in [0.15, 0.2) is 23.2 Å². The van der Waals surface area contributed by atoms with Crippen LogP contribution in [-0.4, -0.2) is 27.3 Å². The number of aromatic nitrogens is 3. The molecule has 9 heteroatoms. The minimum Gasteiger partial charge on any atom is -0.356 e. The molecule has 0 radical (unpaired) electrons. The third-order valence-corrected chi connectivity index (χ3v) is 4.18. The van der Waals surface area contributed by atoms with Crippen molar-refractivity contribution in [2.75, 3.05) is 6.54 Å². The minimum absolute atomic E-state index is 0. The Labute approximate surface area is 175 Å². The second kappa shape index (κ2) is 11.2. The predicted molar refractivity (Wildman–Crippen MR) is 113 cm³/mol. The molecule has 0 aliphatic heterocycles. The molecule has 0 spiro atoms. The largest absolute Gasteiger partial charge is 0.356 e. The summed E-state index contributed by atoms with van der Waals surface area (Å²) in [6.07, 6.45) is 2.06. The van der Waals surface area contributed by atoms with Crippen LogP contribution in [0.4, 0.5) is 8.78 Å². The van der Waals surface area contributed by atoms with Gasteiger partial charge in [-0.3, -0.25) is 0 Å². The molecule has 0 fully saturated rings. The van der Waals surface area contributed by atoms with Crippen molar-refractivity contribution in [1.82, 2.24) is 25.4 Å². The number of hydrogen-bond donors (Lipinski definition) is 2. The summed E-state index contributed by atoms with van der Waals surface area (Å²) < 4.78 is 28.5. The fourth-order valence-corrected chi connectivity index (χ4v) is 2.34. The van der Waals surface area contributed by atoms with Crippen LogP contribution in [0.3, 0.4) is 0 Å². The molecule has 0 saturated heterocycles. The van der Waals surface area contributed by atoms with E-state index in [1.54, 1.807) is 6.07 Å².